The quantitative estimate of drug-likeness (QED) is 0.864. The van der Waals surface area contributed by atoms with Crippen LogP contribution in [-0.4, -0.2) is 49.4 Å². The third-order valence-corrected chi connectivity index (χ3v) is 7.04. The lowest BCUT2D eigenvalue weighted by Crippen LogP contribution is -2.41. The molecular formula is C22H31N5O2. The molecule has 156 valence electrons. The molecule has 7 heteroatoms. The minimum absolute atomic E-state index is 0.0121. The Morgan fingerprint density at radius 2 is 1.97 bits per heavy atom. The Labute approximate surface area is 171 Å². The highest BCUT2D eigenvalue weighted by molar-refractivity contribution is 5.78. The lowest BCUT2D eigenvalue weighted by atomic mass is 10.0. The fraction of sp³-hybridized carbons (Fsp3) is 0.682. The molecule has 1 N–H and O–H groups in total. The van der Waals surface area contributed by atoms with E-state index in [1.807, 2.05) is 24.8 Å². The summed E-state index contributed by atoms with van der Waals surface area (Å²) in [5.41, 5.74) is 3.43. The predicted molar refractivity (Wildman–Crippen MR) is 111 cm³/mol. The molecule has 1 unspecified atom stereocenters. The summed E-state index contributed by atoms with van der Waals surface area (Å²) in [4.78, 5) is 35.2. The van der Waals surface area contributed by atoms with E-state index in [4.69, 9.17) is 4.98 Å². The van der Waals surface area contributed by atoms with Crippen LogP contribution in [0.4, 0.5) is 0 Å². The molecule has 29 heavy (non-hydrogen) atoms. The lowest BCUT2D eigenvalue weighted by Gasteiger charge is -2.32. The van der Waals surface area contributed by atoms with Gasteiger partial charge in [-0.15, -0.1) is 0 Å². The molecule has 2 aromatic heterocycles. The van der Waals surface area contributed by atoms with Gasteiger partial charge in [0.2, 0.25) is 5.91 Å². The van der Waals surface area contributed by atoms with Crippen LogP contribution in [0.15, 0.2) is 10.9 Å². The molecular weight excluding hydrogens is 366 g/mol. The van der Waals surface area contributed by atoms with Crippen molar-refractivity contribution in [2.45, 2.75) is 77.4 Å². The zero-order valence-corrected chi connectivity index (χ0v) is 17.5. The van der Waals surface area contributed by atoms with Crippen molar-refractivity contribution in [2.75, 3.05) is 13.1 Å². The maximum Gasteiger partial charge on any atom is 0.277 e. The van der Waals surface area contributed by atoms with E-state index in [-0.39, 0.29) is 23.4 Å². The standard InChI is InChI=1S/C22H31N5O2/c1-14(2)21(28)26-10-5-8-19(26)18-12-20-23-17-9-11-25(15-6-3-4-7-15)13-16(17)22(29)27(20)24-18/h12,14-15,19,24H,3-11,13H2,1-2H3. The largest absolute Gasteiger partial charge is 0.334 e. The molecule has 1 saturated carbocycles. The number of carbonyl (C=O) groups is 1. The third kappa shape index (κ3) is 3.19. The molecule has 1 amide bonds. The average molecular weight is 398 g/mol. The highest BCUT2D eigenvalue weighted by Crippen LogP contribution is 2.33. The van der Waals surface area contributed by atoms with Crippen LogP contribution in [0.2, 0.25) is 0 Å². The highest BCUT2D eigenvalue weighted by Gasteiger charge is 2.33. The molecule has 0 aromatic carbocycles. The maximum atomic E-state index is 13.3. The van der Waals surface area contributed by atoms with Crippen molar-refractivity contribution < 1.29 is 4.79 Å². The SMILES string of the molecule is CC(C)C(=O)N1CCCC1c1cc2nc3c(c(=O)n2[nH]1)CN(C1CCCC1)CC3. The molecule has 0 spiro atoms. The number of H-pyrrole nitrogens is 1. The summed E-state index contributed by atoms with van der Waals surface area (Å²) >= 11 is 0. The van der Waals surface area contributed by atoms with E-state index >= 15 is 0 Å². The van der Waals surface area contributed by atoms with Gasteiger partial charge in [0.05, 0.1) is 23.0 Å². The summed E-state index contributed by atoms with van der Waals surface area (Å²) in [7, 11) is 0. The molecule has 2 aromatic rings. The van der Waals surface area contributed by atoms with Crippen molar-refractivity contribution >= 4 is 11.6 Å². The molecule has 4 heterocycles. The van der Waals surface area contributed by atoms with Crippen LogP contribution >= 0.6 is 0 Å². The summed E-state index contributed by atoms with van der Waals surface area (Å²) < 4.78 is 1.60. The number of amides is 1. The van der Waals surface area contributed by atoms with Gasteiger partial charge in [0, 0.05) is 44.1 Å². The summed E-state index contributed by atoms with van der Waals surface area (Å²) in [6.07, 6.45) is 7.87. The highest BCUT2D eigenvalue weighted by atomic mass is 16.2. The van der Waals surface area contributed by atoms with E-state index in [2.05, 4.69) is 10.00 Å². The van der Waals surface area contributed by atoms with Crippen LogP contribution in [0.1, 0.15) is 75.4 Å². The smallest absolute Gasteiger partial charge is 0.277 e. The molecule has 2 fully saturated rings. The van der Waals surface area contributed by atoms with Crippen LogP contribution < -0.4 is 5.56 Å². The van der Waals surface area contributed by atoms with Crippen LogP contribution in [0.5, 0.6) is 0 Å². The summed E-state index contributed by atoms with van der Waals surface area (Å²) in [5, 5.41) is 3.29. The number of hydrogen-bond donors (Lipinski definition) is 1. The van der Waals surface area contributed by atoms with Crippen LogP contribution in [-0.2, 0) is 17.8 Å². The van der Waals surface area contributed by atoms with Gasteiger partial charge in [0.15, 0.2) is 5.65 Å². The molecule has 1 aliphatic carbocycles. The molecule has 3 aliphatic rings. The Morgan fingerprint density at radius 1 is 1.17 bits per heavy atom. The van der Waals surface area contributed by atoms with E-state index < -0.39 is 0 Å². The number of aromatic amines is 1. The minimum atomic E-state index is -0.0188. The number of nitrogens with zero attached hydrogens (tertiary/aromatic N) is 4. The Morgan fingerprint density at radius 3 is 2.72 bits per heavy atom. The van der Waals surface area contributed by atoms with Gasteiger partial charge in [-0.05, 0) is 25.7 Å². The summed E-state index contributed by atoms with van der Waals surface area (Å²) in [5.74, 6) is 0.160. The molecule has 2 aliphatic heterocycles. The number of nitrogens with one attached hydrogen (secondary N) is 1. The molecule has 1 saturated heterocycles. The first-order chi connectivity index (χ1) is 14.0. The van der Waals surface area contributed by atoms with E-state index in [0.717, 1.165) is 49.3 Å². The zero-order chi connectivity index (χ0) is 20.1. The topological polar surface area (TPSA) is 73.7 Å². The van der Waals surface area contributed by atoms with Crippen LogP contribution in [0.3, 0.4) is 0 Å². The lowest BCUT2D eigenvalue weighted by molar-refractivity contribution is -0.135. The first-order valence-electron chi connectivity index (χ1n) is 11.2. The van der Waals surface area contributed by atoms with E-state index in [1.54, 1.807) is 4.52 Å². The Hall–Kier alpha value is -2.15. The minimum Gasteiger partial charge on any atom is -0.334 e. The normalized spacial score (nSPS) is 23.4. The molecule has 5 rings (SSSR count). The van der Waals surface area contributed by atoms with E-state index in [0.29, 0.717) is 18.2 Å². The Bertz CT molecular complexity index is 985. The number of carbonyl (C=O) groups excluding carboxylic acids is 1. The monoisotopic (exact) mass is 397 g/mol. The first kappa shape index (κ1) is 18.9. The van der Waals surface area contributed by atoms with Crippen LogP contribution in [0.25, 0.3) is 5.65 Å². The van der Waals surface area contributed by atoms with Crippen molar-refractivity contribution in [2.24, 2.45) is 5.92 Å². The van der Waals surface area contributed by atoms with Crippen molar-refractivity contribution in [1.82, 2.24) is 24.4 Å². The second kappa shape index (κ2) is 7.27. The van der Waals surface area contributed by atoms with Gasteiger partial charge in [-0.2, -0.15) is 0 Å². The van der Waals surface area contributed by atoms with Gasteiger partial charge >= 0.3 is 0 Å². The van der Waals surface area contributed by atoms with Gasteiger partial charge in [-0.1, -0.05) is 26.7 Å². The van der Waals surface area contributed by atoms with E-state index in [9.17, 15) is 9.59 Å². The number of likely N-dealkylation sites (tertiary alicyclic amines) is 1. The number of hydrogen-bond acceptors (Lipinski definition) is 4. The fourth-order valence-electron chi connectivity index (χ4n) is 5.46. The van der Waals surface area contributed by atoms with Crippen molar-refractivity contribution in [3.8, 4) is 0 Å². The fourth-order valence-corrected chi connectivity index (χ4v) is 5.46. The van der Waals surface area contributed by atoms with Gasteiger partial charge < -0.3 is 4.90 Å². The van der Waals surface area contributed by atoms with Gasteiger partial charge in [0.25, 0.3) is 5.56 Å². The van der Waals surface area contributed by atoms with Gasteiger partial charge in [-0.25, -0.2) is 9.50 Å². The molecule has 1 atom stereocenters. The molecule has 0 radical (unpaired) electrons. The third-order valence-electron chi connectivity index (χ3n) is 7.04. The maximum absolute atomic E-state index is 13.3. The Kier molecular flexibility index (Phi) is 4.73. The molecule has 0 bridgehead atoms. The van der Waals surface area contributed by atoms with Crippen molar-refractivity contribution in [3.63, 3.8) is 0 Å². The molecule has 7 nitrogen and oxygen atoms in total. The van der Waals surface area contributed by atoms with Crippen molar-refractivity contribution in [3.05, 3.63) is 33.4 Å². The summed E-state index contributed by atoms with van der Waals surface area (Å²) in [6, 6.07) is 2.61. The second-order valence-corrected chi connectivity index (χ2v) is 9.25. The second-order valence-electron chi connectivity index (χ2n) is 9.25. The zero-order valence-electron chi connectivity index (χ0n) is 17.5. The number of fused-ring (bicyclic) bond motifs is 2. The van der Waals surface area contributed by atoms with Gasteiger partial charge in [0.1, 0.15) is 0 Å². The number of rotatable bonds is 3. The number of aromatic nitrogens is 3. The van der Waals surface area contributed by atoms with Gasteiger partial charge in [-0.3, -0.25) is 19.6 Å². The summed E-state index contributed by atoms with van der Waals surface area (Å²) in [6.45, 7) is 6.38. The average Bonchev–Trinajstić information content (AvgIpc) is 3.46. The first-order valence-corrected chi connectivity index (χ1v) is 11.2. The predicted octanol–water partition coefficient (Wildman–Crippen LogP) is 2.64. The Balaban J connectivity index is 1.48. The van der Waals surface area contributed by atoms with Crippen molar-refractivity contribution in [1.29, 1.82) is 0 Å². The van der Waals surface area contributed by atoms with E-state index in [1.165, 1.54) is 25.7 Å². The van der Waals surface area contributed by atoms with Crippen LogP contribution in [0, 0.1) is 5.92 Å².